The van der Waals surface area contributed by atoms with Gasteiger partial charge in [-0.25, -0.2) is 4.39 Å². The van der Waals surface area contributed by atoms with Crippen LogP contribution >= 0.6 is 0 Å². The second-order valence-corrected chi connectivity index (χ2v) is 2.80. The van der Waals surface area contributed by atoms with E-state index >= 15 is 0 Å². The minimum absolute atomic E-state index is 0.200. The number of rotatable bonds is 5. The largest absolute Gasteiger partial charge is 0.490 e. The van der Waals surface area contributed by atoms with E-state index in [0.29, 0.717) is 25.6 Å². The average Bonchev–Trinajstić information content (AvgIpc) is 2.26. The van der Waals surface area contributed by atoms with Gasteiger partial charge >= 0.3 is 0 Å². The maximum atomic E-state index is 12.7. The highest BCUT2D eigenvalue weighted by molar-refractivity contribution is 5.42. The quantitative estimate of drug-likeness (QED) is 0.697. The van der Waals surface area contributed by atoms with Gasteiger partial charge in [0.1, 0.15) is 24.2 Å². The molecule has 0 saturated carbocycles. The number of halogens is 1. The molecule has 80 valence electrons. The third-order valence-electron chi connectivity index (χ3n) is 1.75. The van der Waals surface area contributed by atoms with Crippen LogP contribution in [0.5, 0.6) is 5.75 Å². The molecule has 4 heteroatoms. The summed E-state index contributed by atoms with van der Waals surface area (Å²) in [6.45, 7) is 3.32. The molecule has 0 aliphatic heterocycles. The predicted octanol–water partition coefficient (Wildman–Crippen LogP) is 2.11. The van der Waals surface area contributed by atoms with Gasteiger partial charge in [-0.15, -0.1) is 0 Å². The van der Waals surface area contributed by atoms with Crippen molar-refractivity contribution in [2.45, 2.75) is 6.92 Å². The van der Waals surface area contributed by atoms with E-state index in [1.54, 1.807) is 0 Å². The first kappa shape index (κ1) is 11.5. The van der Waals surface area contributed by atoms with Crippen LogP contribution in [0.3, 0.4) is 0 Å². The molecule has 0 aromatic heterocycles. The van der Waals surface area contributed by atoms with Crippen LogP contribution in [0, 0.1) is 17.1 Å². The molecule has 3 nitrogen and oxygen atoms in total. The summed E-state index contributed by atoms with van der Waals surface area (Å²) in [5.41, 5.74) is 0.200. The second kappa shape index (κ2) is 5.99. The number of nitriles is 1. The van der Waals surface area contributed by atoms with E-state index in [-0.39, 0.29) is 5.56 Å². The molecule has 0 amide bonds. The first-order chi connectivity index (χ1) is 7.27. The van der Waals surface area contributed by atoms with E-state index in [0.717, 1.165) is 6.07 Å². The predicted molar refractivity (Wildman–Crippen MR) is 53.1 cm³/mol. The minimum Gasteiger partial charge on any atom is -0.490 e. The Hall–Kier alpha value is -1.60. The Morgan fingerprint density at radius 2 is 2.20 bits per heavy atom. The van der Waals surface area contributed by atoms with Crippen molar-refractivity contribution in [3.63, 3.8) is 0 Å². The molecule has 15 heavy (non-hydrogen) atoms. The average molecular weight is 209 g/mol. The van der Waals surface area contributed by atoms with Gasteiger partial charge in [-0.1, -0.05) is 0 Å². The van der Waals surface area contributed by atoms with Crippen molar-refractivity contribution in [1.29, 1.82) is 5.26 Å². The highest BCUT2D eigenvalue weighted by Gasteiger charge is 2.04. The maximum Gasteiger partial charge on any atom is 0.137 e. The molecular weight excluding hydrogens is 197 g/mol. The van der Waals surface area contributed by atoms with Crippen LogP contribution in [0.25, 0.3) is 0 Å². The second-order valence-electron chi connectivity index (χ2n) is 2.80. The van der Waals surface area contributed by atoms with E-state index in [1.165, 1.54) is 12.1 Å². The summed E-state index contributed by atoms with van der Waals surface area (Å²) in [6.07, 6.45) is 0. The molecule has 0 unspecified atom stereocenters. The van der Waals surface area contributed by atoms with Crippen molar-refractivity contribution in [2.75, 3.05) is 19.8 Å². The van der Waals surface area contributed by atoms with Crippen LogP contribution in [0.1, 0.15) is 12.5 Å². The van der Waals surface area contributed by atoms with Gasteiger partial charge in [0.25, 0.3) is 0 Å². The third-order valence-corrected chi connectivity index (χ3v) is 1.75. The number of nitrogens with zero attached hydrogens (tertiary/aromatic N) is 1. The lowest BCUT2D eigenvalue weighted by Gasteiger charge is -2.07. The molecule has 0 atom stereocenters. The van der Waals surface area contributed by atoms with Crippen LogP contribution in [0.2, 0.25) is 0 Å². The van der Waals surface area contributed by atoms with Crippen LogP contribution in [-0.2, 0) is 4.74 Å². The smallest absolute Gasteiger partial charge is 0.137 e. The first-order valence-electron chi connectivity index (χ1n) is 4.68. The van der Waals surface area contributed by atoms with Gasteiger partial charge in [-0.2, -0.15) is 5.26 Å². The fraction of sp³-hybridized carbons (Fsp3) is 0.364. The van der Waals surface area contributed by atoms with Crippen molar-refractivity contribution in [2.24, 2.45) is 0 Å². The van der Waals surface area contributed by atoms with Gasteiger partial charge in [0, 0.05) is 6.61 Å². The van der Waals surface area contributed by atoms with Crippen molar-refractivity contribution in [3.05, 3.63) is 29.6 Å². The maximum absolute atomic E-state index is 12.7. The molecule has 0 N–H and O–H groups in total. The number of ether oxygens (including phenoxy) is 2. The van der Waals surface area contributed by atoms with Crippen molar-refractivity contribution in [3.8, 4) is 11.8 Å². The van der Waals surface area contributed by atoms with Crippen molar-refractivity contribution >= 4 is 0 Å². The molecule has 0 radical (unpaired) electrons. The third kappa shape index (κ3) is 3.56. The minimum atomic E-state index is -0.441. The fourth-order valence-corrected chi connectivity index (χ4v) is 1.07. The SMILES string of the molecule is CCOCCOc1ccc(F)cc1C#N. The molecule has 0 aliphatic carbocycles. The van der Waals surface area contributed by atoms with E-state index < -0.39 is 5.82 Å². The van der Waals surface area contributed by atoms with E-state index in [9.17, 15) is 4.39 Å². The zero-order valence-corrected chi connectivity index (χ0v) is 8.50. The van der Waals surface area contributed by atoms with Crippen LogP contribution < -0.4 is 4.74 Å². The standard InChI is InChI=1S/C11H12FNO2/c1-2-14-5-6-15-11-4-3-10(12)7-9(11)8-13/h3-4,7H,2,5-6H2,1H3. The monoisotopic (exact) mass is 209 g/mol. The van der Waals surface area contributed by atoms with Gasteiger partial charge in [-0.3, -0.25) is 0 Å². The Labute approximate surface area is 88.0 Å². The zero-order valence-electron chi connectivity index (χ0n) is 8.50. The lowest BCUT2D eigenvalue weighted by atomic mass is 10.2. The Morgan fingerprint density at radius 1 is 1.40 bits per heavy atom. The van der Waals surface area contributed by atoms with Gasteiger partial charge in [-0.05, 0) is 25.1 Å². The topological polar surface area (TPSA) is 42.2 Å². The molecule has 0 saturated heterocycles. The summed E-state index contributed by atoms with van der Waals surface area (Å²) in [7, 11) is 0. The number of hydrogen-bond acceptors (Lipinski definition) is 3. The summed E-state index contributed by atoms with van der Waals surface area (Å²) in [5.74, 6) is -0.0534. The van der Waals surface area contributed by atoms with Gasteiger partial charge in [0.05, 0.1) is 12.2 Å². The van der Waals surface area contributed by atoms with Crippen LogP contribution in [-0.4, -0.2) is 19.8 Å². The lowest BCUT2D eigenvalue weighted by molar-refractivity contribution is 0.110. The molecule has 0 fully saturated rings. The van der Waals surface area contributed by atoms with Crippen LogP contribution in [0.4, 0.5) is 4.39 Å². The van der Waals surface area contributed by atoms with Crippen molar-refractivity contribution in [1.82, 2.24) is 0 Å². The molecule has 0 spiro atoms. The molecule has 0 bridgehead atoms. The number of hydrogen-bond donors (Lipinski definition) is 0. The van der Waals surface area contributed by atoms with Gasteiger partial charge in [0.15, 0.2) is 0 Å². The Bertz CT molecular complexity index is 360. The molecular formula is C11H12FNO2. The lowest BCUT2D eigenvalue weighted by Crippen LogP contribution is -2.07. The molecule has 1 rings (SSSR count). The van der Waals surface area contributed by atoms with Crippen LogP contribution in [0.15, 0.2) is 18.2 Å². The molecule has 0 aliphatic rings. The highest BCUT2D eigenvalue weighted by Crippen LogP contribution is 2.18. The summed E-state index contributed by atoms with van der Waals surface area (Å²) >= 11 is 0. The normalized spacial score (nSPS) is 9.67. The Morgan fingerprint density at radius 3 is 2.87 bits per heavy atom. The summed E-state index contributed by atoms with van der Waals surface area (Å²) in [6, 6.07) is 5.73. The van der Waals surface area contributed by atoms with E-state index in [1.807, 2.05) is 13.0 Å². The highest BCUT2D eigenvalue weighted by atomic mass is 19.1. The van der Waals surface area contributed by atoms with E-state index in [2.05, 4.69) is 0 Å². The Kier molecular flexibility index (Phi) is 4.58. The first-order valence-corrected chi connectivity index (χ1v) is 4.68. The summed E-state index contributed by atoms with van der Waals surface area (Å²) in [4.78, 5) is 0. The molecule has 0 heterocycles. The van der Waals surface area contributed by atoms with Crippen molar-refractivity contribution < 1.29 is 13.9 Å². The fourth-order valence-electron chi connectivity index (χ4n) is 1.07. The molecule has 1 aromatic carbocycles. The Balaban J connectivity index is 2.57. The van der Waals surface area contributed by atoms with Gasteiger partial charge < -0.3 is 9.47 Å². The number of benzene rings is 1. The zero-order chi connectivity index (χ0) is 11.1. The van der Waals surface area contributed by atoms with Gasteiger partial charge in [0.2, 0.25) is 0 Å². The van der Waals surface area contributed by atoms with E-state index in [4.69, 9.17) is 14.7 Å². The summed E-state index contributed by atoms with van der Waals surface area (Å²) < 4.78 is 23.1. The summed E-state index contributed by atoms with van der Waals surface area (Å²) in [5, 5.41) is 8.72. The molecule has 1 aromatic rings.